The highest BCUT2D eigenvalue weighted by molar-refractivity contribution is 6.65. The number of rotatable bonds is 3. The Kier molecular flexibility index (Phi) is 3.77. The minimum Gasteiger partial charge on any atom is -0.691 e. The smallest absolute Gasteiger partial charge is 0.324 e. The van der Waals surface area contributed by atoms with Crippen molar-refractivity contribution in [3.05, 3.63) is 28.2 Å². The van der Waals surface area contributed by atoms with Gasteiger partial charge in [0, 0.05) is 5.18 Å². The molecule has 7 heteroatoms. The zero-order valence-corrected chi connectivity index (χ0v) is 11.0. The van der Waals surface area contributed by atoms with E-state index in [9.17, 15) is 14.7 Å². The number of carbonyl (C=O) groups excluding carboxylic acids is 1. The largest absolute Gasteiger partial charge is 0.691 e. The standard InChI is InChI=1S/C13H13BNO5/c1-3-8-19-10-5-4-9-6-7-14(2,17)20-12(9)11(10)13(16)15-18/h1,4-5,17H,6-8H2,2H3/q-1. The molecular weight excluding hydrogens is 261 g/mol. The summed E-state index contributed by atoms with van der Waals surface area (Å²) in [7, 11) is 0. The van der Waals surface area contributed by atoms with E-state index in [1.165, 1.54) is 0 Å². The molecule has 0 fully saturated rings. The summed E-state index contributed by atoms with van der Waals surface area (Å²) in [4.78, 5) is 22.3. The first-order chi connectivity index (χ1) is 9.48. The van der Waals surface area contributed by atoms with E-state index in [0.717, 1.165) is 5.56 Å². The van der Waals surface area contributed by atoms with E-state index in [-0.39, 0.29) is 23.7 Å². The molecule has 0 bridgehead atoms. The highest BCUT2D eigenvalue weighted by atomic mass is 16.5. The van der Waals surface area contributed by atoms with Crippen molar-refractivity contribution in [2.45, 2.75) is 19.6 Å². The Morgan fingerprint density at radius 1 is 1.65 bits per heavy atom. The molecule has 104 valence electrons. The van der Waals surface area contributed by atoms with Crippen molar-refractivity contribution < 1.29 is 19.2 Å². The molecule has 0 saturated carbocycles. The highest BCUT2D eigenvalue weighted by Crippen LogP contribution is 2.39. The predicted molar refractivity (Wildman–Crippen MR) is 73.9 cm³/mol. The van der Waals surface area contributed by atoms with Gasteiger partial charge in [-0.2, -0.15) is 0 Å². The van der Waals surface area contributed by atoms with Crippen LogP contribution in [0.25, 0.3) is 0 Å². The lowest BCUT2D eigenvalue weighted by Crippen LogP contribution is -2.42. The molecule has 0 spiro atoms. The zero-order valence-electron chi connectivity index (χ0n) is 11.0. The molecule has 1 amide bonds. The molecule has 6 nitrogen and oxygen atoms in total. The number of hydrogen-bond donors (Lipinski definition) is 1. The number of carbonyl (C=O) groups is 1. The van der Waals surface area contributed by atoms with Crippen LogP contribution in [0.15, 0.2) is 17.3 Å². The summed E-state index contributed by atoms with van der Waals surface area (Å²) in [5.41, 5.74) is 0.632. The number of benzene rings is 1. The van der Waals surface area contributed by atoms with Gasteiger partial charge in [-0.05, 0) is 11.6 Å². The Hall–Kier alpha value is -2.33. The number of nitroso groups, excluding NO2 is 1. The SMILES string of the molecule is C#CCOc1ccc2c(c1C(=O)N=O)O[B-](C)(O)CC2. The molecule has 1 aliphatic heterocycles. The molecule has 1 heterocycles. The van der Waals surface area contributed by atoms with E-state index in [2.05, 4.69) is 11.1 Å². The number of hydrogen-bond acceptors (Lipinski definition) is 5. The van der Waals surface area contributed by atoms with Crippen molar-refractivity contribution in [1.82, 2.24) is 0 Å². The Labute approximate surface area is 116 Å². The van der Waals surface area contributed by atoms with Crippen LogP contribution in [0, 0.1) is 17.3 Å². The predicted octanol–water partition coefficient (Wildman–Crippen LogP) is 1.60. The molecular formula is C13H13BNO5-. The summed E-state index contributed by atoms with van der Waals surface area (Å²) in [6.45, 7) is -0.583. The van der Waals surface area contributed by atoms with Gasteiger partial charge in [0.05, 0.1) is 5.75 Å². The molecule has 1 unspecified atom stereocenters. The van der Waals surface area contributed by atoms with Crippen LogP contribution in [0.5, 0.6) is 11.5 Å². The molecule has 1 atom stereocenters. The van der Waals surface area contributed by atoms with Gasteiger partial charge in [-0.25, -0.2) is 0 Å². The number of nitrogens with zero attached hydrogens (tertiary/aromatic N) is 1. The van der Waals surface area contributed by atoms with E-state index in [1.807, 2.05) is 0 Å². The molecule has 0 radical (unpaired) electrons. The zero-order chi connectivity index (χ0) is 14.8. The number of amides is 1. The van der Waals surface area contributed by atoms with Gasteiger partial charge < -0.3 is 14.4 Å². The van der Waals surface area contributed by atoms with Crippen molar-refractivity contribution in [2.75, 3.05) is 6.61 Å². The van der Waals surface area contributed by atoms with Gasteiger partial charge in [-0.3, -0.25) is 4.79 Å². The second-order valence-corrected chi connectivity index (χ2v) is 4.83. The average Bonchev–Trinajstić information content (AvgIpc) is 2.42. The van der Waals surface area contributed by atoms with Crippen LogP contribution in [-0.4, -0.2) is 24.1 Å². The van der Waals surface area contributed by atoms with Gasteiger partial charge in [0.15, 0.2) is 0 Å². The summed E-state index contributed by atoms with van der Waals surface area (Å²) >= 11 is 0. The van der Waals surface area contributed by atoms with Crippen LogP contribution in [0.2, 0.25) is 13.1 Å². The maximum Gasteiger partial charge on any atom is 0.324 e. The van der Waals surface area contributed by atoms with Gasteiger partial charge in [0.25, 0.3) is 6.55 Å². The molecule has 1 aliphatic rings. The third-order valence-electron chi connectivity index (χ3n) is 3.13. The second kappa shape index (κ2) is 5.35. The van der Waals surface area contributed by atoms with Crippen LogP contribution >= 0.6 is 0 Å². The van der Waals surface area contributed by atoms with E-state index >= 15 is 0 Å². The number of ether oxygens (including phenoxy) is 1. The van der Waals surface area contributed by atoms with Crippen LogP contribution in [0.4, 0.5) is 0 Å². The molecule has 20 heavy (non-hydrogen) atoms. The Bertz CT molecular complexity index is 606. The van der Waals surface area contributed by atoms with Crippen LogP contribution < -0.4 is 9.39 Å². The minimum absolute atomic E-state index is 0.0561. The van der Waals surface area contributed by atoms with E-state index in [0.29, 0.717) is 12.7 Å². The highest BCUT2D eigenvalue weighted by Gasteiger charge is 2.30. The number of fused-ring (bicyclic) bond motifs is 1. The second-order valence-electron chi connectivity index (χ2n) is 4.83. The van der Waals surface area contributed by atoms with Gasteiger partial charge in [-0.1, -0.05) is 18.4 Å². The first-order valence-electron chi connectivity index (χ1n) is 6.19. The van der Waals surface area contributed by atoms with Crippen molar-refractivity contribution in [3.8, 4) is 23.8 Å². The van der Waals surface area contributed by atoms with Crippen LogP contribution in [0.1, 0.15) is 15.9 Å². The van der Waals surface area contributed by atoms with Crippen LogP contribution in [0.3, 0.4) is 0 Å². The third kappa shape index (κ3) is 2.65. The molecule has 0 aliphatic carbocycles. The van der Waals surface area contributed by atoms with Crippen LogP contribution in [-0.2, 0) is 6.42 Å². The monoisotopic (exact) mass is 274 g/mol. The maximum absolute atomic E-state index is 11.7. The first-order valence-corrected chi connectivity index (χ1v) is 6.19. The van der Waals surface area contributed by atoms with Crippen molar-refractivity contribution in [2.24, 2.45) is 5.18 Å². The fourth-order valence-corrected chi connectivity index (χ4v) is 2.16. The van der Waals surface area contributed by atoms with Gasteiger partial charge in [0.1, 0.15) is 17.9 Å². The fourth-order valence-electron chi connectivity index (χ4n) is 2.16. The molecule has 0 saturated heterocycles. The normalized spacial score (nSPS) is 20.2. The average molecular weight is 274 g/mol. The Balaban J connectivity index is 2.54. The molecule has 1 aromatic carbocycles. The molecule has 0 aromatic heterocycles. The minimum atomic E-state index is -2.07. The lowest BCUT2D eigenvalue weighted by molar-refractivity contribution is 0.0995. The lowest BCUT2D eigenvalue weighted by atomic mass is 9.55. The fraction of sp³-hybridized carbons (Fsp3) is 0.308. The number of terminal acetylenes is 1. The summed E-state index contributed by atoms with van der Waals surface area (Å²) in [5, 5.41) is 12.4. The van der Waals surface area contributed by atoms with Crippen molar-refractivity contribution in [1.29, 1.82) is 0 Å². The van der Waals surface area contributed by atoms with Gasteiger partial charge >= 0.3 is 5.91 Å². The van der Waals surface area contributed by atoms with Gasteiger partial charge in [-0.15, -0.1) is 24.5 Å². The molecule has 1 aromatic rings. The maximum atomic E-state index is 11.7. The first kappa shape index (κ1) is 14.1. The molecule has 2 rings (SSSR count). The molecule has 1 N–H and O–H groups in total. The Morgan fingerprint density at radius 2 is 2.40 bits per heavy atom. The quantitative estimate of drug-likeness (QED) is 0.514. The van der Waals surface area contributed by atoms with E-state index in [4.69, 9.17) is 15.8 Å². The lowest BCUT2D eigenvalue weighted by Gasteiger charge is -2.39. The van der Waals surface area contributed by atoms with Crippen molar-refractivity contribution >= 4 is 12.5 Å². The van der Waals surface area contributed by atoms with Gasteiger partial charge in [0.2, 0.25) is 0 Å². The summed E-state index contributed by atoms with van der Waals surface area (Å²) < 4.78 is 10.7. The summed E-state index contributed by atoms with van der Waals surface area (Å²) in [5.74, 6) is 1.53. The third-order valence-corrected chi connectivity index (χ3v) is 3.13. The summed E-state index contributed by atoms with van der Waals surface area (Å²) in [6, 6.07) is 3.26. The van der Waals surface area contributed by atoms with Crippen molar-refractivity contribution in [3.63, 3.8) is 0 Å². The van der Waals surface area contributed by atoms with E-state index in [1.54, 1.807) is 19.0 Å². The van der Waals surface area contributed by atoms with E-state index < -0.39 is 12.5 Å². The summed E-state index contributed by atoms with van der Waals surface area (Å²) in [6.07, 6.45) is 6.09. The Morgan fingerprint density at radius 3 is 3.05 bits per heavy atom. The topological polar surface area (TPSA) is 85.2 Å². The number of aryl methyl sites for hydroxylation is 1.